The molecule has 102 valence electrons. The first-order valence-electron chi connectivity index (χ1n) is 5.69. The van der Waals surface area contributed by atoms with Crippen molar-refractivity contribution >= 4 is 21.4 Å². The molecule has 19 heavy (non-hydrogen) atoms. The number of rotatable bonds is 3. The van der Waals surface area contributed by atoms with Crippen LogP contribution in [0.3, 0.4) is 0 Å². The first-order valence-corrected chi connectivity index (χ1v) is 7.17. The summed E-state index contributed by atoms with van der Waals surface area (Å²) < 4.78 is 28.6. The number of anilines is 2. The molecule has 0 bridgehead atoms. The molecule has 0 radical (unpaired) electrons. The average molecular weight is 280 g/mol. The summed E-state index contributed by atoms with van der Waals surface area (Å²) in [4.78, 5) is 0.0707. The zero-order valence-electron chi connectivity index (χ0n) is 11.0. The van der Waals surface area contributed by atoms with Gasteiger partial charge < -0.3 is 5.73 Å². The predicted octanol–water partition coefficient (Wildman–Crippen LogP) is 1.42. The summed E-state index contributed by atoms with van der Waals surface area (Å²) in [6.07, 6.45) is 1.61. The molecule has 0 spiro atoms. The highest BCUT2D eigenvalue weighted by Gasteiger charge is 2.19. The normalized spacial score (nSPS) is 11.5. The molecule has 6 nitrogen and oxygen atoms in total. The second kappa shape index (κ2) is 4.58. The van der Waals surface area contributed by atoms with Crippen LogP contribution in [0.2, 0.25) is 0 Å². The molecular weight excluding hydrogens is 264 g/mol. The van der Waals surface area contributed by atoms with Gasteiger partial charge >= 0.3 is 0 Å². The van der Waals surface area contributed by atoms with Gasteiger partial charge in [-0.25, -0.2) is 8.42 Å². The maximum absolute atomic E-state index is 12.3. The maximum Gasteiger partial charge on any atom is 0.264 e. The fourth-order valence-corrected chi connectivity index (χ4v) is 3.03. The predicted molar refractivity (Wildman–Crippen MR) is 74.3 cm³/mol. The molecule has 1 aromatic carbocycles. The zero-order chi connectivity index (χ0) is 14.2. The lowest BCUT2D eigenvalue weighted by molar-refractivity contribution is 0.601. The van der Waals surface area contributed by atoms with Gasteiger partial charge in [0.05, 0.1) is 17.1 Å². The first kappa shape index (κ1) is 13.4. The minimum Gasteiger partial charge on any atom is -0.398 e. The van der Waals surface area contributed by atoms with Gasteiger partial charge in [0.1, 0.15) is 4.90 Å². The molecule has 0 atom stereocenters. The van der Waals surface area contributed by atoms with Crippen molar-refractivity contribution in [1.29, 1.82) is 0 Å². The Kier molecular flexibility index (Phi) is 3.23. The largest absolute Gasteiger partial charge is 0.398 e. The second-order valence-corrected chi connectivity index (χ2v) is 6.10. The Morgan fingerprint density at radius 2 is 2.00 bits per heavy atom. The molecule has 2 aromatic rings. The Labute approximate surface area is 112 Å². The van der Waals surface area contributed by atoms with Gasteiger partial charge in [0.2, 0.25) is 0 Å². The number of nitrogens with one attached hydrogen (secondary N) is 1. The van der Waals surface area contributed by atoms with Crippen molar-refractivity contribution in [3.63, 3.8) is 0 Å². The highest BCUT2D eigenvalue weighted by molar-refractivity contribution is 7.92. The van der Waals surface area contributed by atoms with E-state index in [2.05, 4.69) is 9.82 Å². The van der Waals surface area contributed by atoms with E-state index < -0.39 is 10.0 Å². The fourth-order valence-electron chi connectivity index (χ4n) is 1.81. The Bertz CT molecular complexity index is 719. The molecule has 7 heteroatoms. The van der Waals surface area contributed by atoms with E-state index in [1.165, 1.54) is 6.07 Å². The van der Waals surface area contributed by atoms with E-state index in [4.69, 9.17) is 5.73 Å². The van der Waals surface area contributed by atoms with Crippen LogP contribution in [0.4, 0.5) is 11.4 Å². The molecule has 0 saturated heterocycles. The van der Waals surface area contributed by atoms with Gasteiger partial charge in [0.15, 0.2) is 0 Å². The van der Waals surface area contributed by atoms with Gasteiger partial charge in [-0.05, 0) is 31.5 Å². The number of aromatic nitrogens is 2. The lowest BCUT2D eigenvalue weighted by atomic mass is 10.2. The first-order chi connectivity index (χ1) is 8.79. The molecule has 0 aliphatic carbocycles. The van der Waals surface area contributed by atoms with Crippen molar-refractivity contribution in [1.82, 2.24) is 9.78 Å². The lowest BCUT2D eigenvalue weighted by Gasteiger charge is -2.09. The SMILES string of the molecule is Cc1ccc(S(=O)(=O)Nc2cn(C)nc2C)c(N)c1. The van der Waals surface area contributed by atoms with Gasteiger partial charge in [-0.15, -0.1) is 0 Å². The summed E-state index contributed by atoms with van der Waals surface area (Å²) in [6, 6.07) is 4.84. The third kappa shape index (κ3) is 2.70. The van der Waals surface area contributed by atoms with Gasteiger partial charge in [-0.2, -0.15) is 5.10 Å². The summed E-state index contributed by atoms with van der Waals surface area (Å²) in [7, 11) is -1.97. The Hall–Kier alpha value is -2.02. The summed E-state index contributed by atoms with van der Waals surface area (Å²) >= 11 is 0. The highest BCUT2D eigenvalue weighted by atomic mass is 32.2. The number of nitrogens with zero attached hydrogens (tertiary/aromatic N) is 2. The lowest BCUT2D eigenvalue weighted by Crippen LogP contribution is -2.15. The van der Waals surface area contributed by atoms with Crippen molar-refractivity contribution in [3.05, 3.63) is 35.7 Å². The van der Waals surface area contributed by atoms with Crippen molar-refractivity contribution < 1.29 is 8.42 Å². The molecule has 0 unspecified atom stereocenters. The molecule has 0 aliphatic rings. The van der Waals surface area contributed by atoms with Crippen LogP contribution in [0.15, 0.2) is 29.3 Å². The van der Waals surface area contributed by atoms with Gasteiger partial charge in [-0.3, -0.25) is 9.40 Å². The van der Waals surface area contributed by atoms with Crippen molar-refractivity contribution in [3.8, 4) is 0 Å². The third-order valence-electron chi connectivity index (χ3n) is 2.71. The minimum atomic E-state index is -3.70. The van der Waals surface area contributed by atoms with Crippen LogP contribution >= 0.6 is 0 Å². The number of aryl methyl sites for hydroxylation is 3. The van der Waals surface area contributed by atoms with Gasteiger partial charge in [0.25, 0.3) is 10.0 Å². The van der Waals surface area contributed by atoms with Gasteiger partial charge in [0, 0.05) is 13.2 Å². The number of hydrogen-bond donors (Lipinski definition) is 2. The van der Waals surface area contributed by atoms with E-state index in [1.54, 1.807) is 37.0 Å². The second-order valence-electron chi connectivity index (χ2n) is 4.45. The van der Waals surface area contributed by atoms with Crippen LogP contribution in [0.1, 0.15) is 11.3 Å². The molecule has 0 saturated carbocycles. The molecule has 2 rings (SSSR count). The topological polar surface area (TPSA) is 90.0 Å². The Morgan fingerprint density at radius 3 is 2.53 bits per heavy atom. The van der Waals surface area contributed by atoms with Crippen LogP contribution in [0, 0.1) is 13.8 Å². The quantitative estimate of drug-likeness (QED) is 0.832. The standard InChI is InChI=1S/C12H16N4O2S/c1-8-4-5-12(10(13)6-8)19(17,18)15-11-7-16(3)14-9(11)2/h4-7,15H,13H2,1-3H3. The number of sulfonamides is 1. The molecule has 1 aromatic heterocycles. The van der Waals surface area contributed by atoms with Crippen molar-refractivity contribution in [2.24, 2.45) is 7.05 Å². The van der Waals surface area contributed by atoms with E-state index in [9.17, 15) is 8.42 Å². The number of nitrogens with two attached hydrogens (primary N) is 1. The zero-order valence-corrected chi connectivity index (χ0v) is 11.8. The van der Waals surface area contributed by atoms with Crippen LogP contribution in [0.5, 0.6) is 0 Å². The van der Waals surface area contributed by atoms with Gasteiger partial charge in [-0.1, -0.05) is 6.07 Å². The van der Waals surface area contributed by atoms with Crippen molar-refractivity contribution in [2.75, 3.05) is 10.5 Å². The number of nitrogen functional groups attached to an aromatic ring is 1. The van der Waals surface area contributed by atoms with E-state index >= 15 is 0 Å². The highest BCUT2D eigenvalue weighted by Crippen LogP contribution is 2.23. The van der Waals surface area contributed by atoms with Crippen LogP contribution in [0.25, 0.3) is 0 Å². The molecular formula is C12H16N4O2S. The monoisotopic (exact) mass is 280 g/mol. The summed E-state index contributed by atoms with van der Waals surface area (Å²) in [6.45, 7) is 3.59. The molecule has 3 N–H and O–H groups in total. The van der Waals surface area contributed by atoms with Crippen molar-refractivity contribution in [2.45, 2.75) is 18.7 Å². The Balaban J connectivity index is 2.40. The van der Waals surface area contributed by atoms with Crippen LogP contribution in [-0.4, -0.2) is 18.2 Å². The number of hydrogen-bond acceptors (Lipinski definition) is 4. The van der Waals surface area contributed by atoms with E-state index in [0.29, 0.717) is 11.4 Å². The molecule has 0 aliphatic heterocycles. The average Bonchev–Trinajstić information content (AvgIpc) is 2.55. The summed E-state index contributed by atoms with van der Waals surface area (Å²) in [5.41, 5.74) is 7.96. The summed E-state index contributed by atoms with van der Waals surface area (Å²) in [5, 5.41) is 4.08. The number of benzene rings is 1. The molecule has 0 fully saturated rings. The van der Waals surface area contributed by atoms with Crippen LogP contribution < -0.4 is 10.5 Å². The van der Waals surface area contributed by atoms with E-state index in [1.807, 2.05) is 6.92 Å². The smallest absolute Gasteiger partial charge is 0.264 e. The van der Waals surface area contributed by atoms with Crippen LogP contribution in [-0.2, 0) is 17.1 Å². The molecule has 1 heterocycles. The summed E-state index contributed by atoms with van der Waals surface area (Å²) in [5.74, 6) is 0. The maximum atomic E-state index is 12.3. The van der Waals surface area contributed by atoms with E-state index in [0.717, 1.165) is 5.56 Å². The molecule has 0 amide bonds. The Morgan fingerprint density at radius 1 is 1.32 bits per heavy atom. The minimum absolute atomic E-state index is 0.0707. The van der Waals surface area contributed by atoms with E-state index in [-0.39, 0.29) is 10.6 Å². The fraction of sp³-hybridized carbons (Fsp3) is 0.250. The third-order valence-corrected chi connectivity index (χ3v) is 4.15.